The van der Waals surface area contributed by atoms with Crippen molar-refractivity contribution in [3.63, 3.8) is 0 Å². The number of halogens is 2. The minimum atomic E-state index is -0.385. The number of para-hydroxylation sites is 1. The summed E-state index contributed by atoms with van der Waals surface area (Å²) in [5, 5.41) is 4.55. The van der Waals surface area contributed by atoms with E-state index in [9.17, 15) is 4.79 Å². The first-order valence-corrected chi connectivity index (χ1v) is 8.08. The zero-order chi connectivity index (χ0) is 17.1. The number of hydrogen-bond acceptors (Lipinski definition) is 3. The summed E-state index contributed by atoms with van der Waals surface area (Å²) in [6, 6.07) is 14.3. The molecule has 0 aliphatic carbocycles. The number of rotatable bonds is 5. The molecule has 124 valence electrons. The van der Waals surface area contributed by atoms with Gasteiger partial charge in [0.15, 0.2) is 0 Å². The molecular weight excluding hydrogens is 349 g/mol. The molecule has 0 saturated carbocycles. The number of carbonyl (C=O) groups is 1. The Bertz CT molecular complexity index is 843. The van der Waals surface area contributed by atoms with Gasteiger partial charge in [0.05, 0.1) is 16.6 Å². The number of carbonyl (C=O) groups excluding carboxylic acids is 1. The zero-order valence-corrected chi connectivity index (χ0v) is 14.4. The van der Waals surface area contributed by atoms with Gasteiger partial charge in [0.25, 0.3) is 5.91 Å². The van der Waals surface area contributed by atoms with E-state index in [-0.39, 0.29) is 18.6 Å². The Hall–Kier alpha value is -2.01. The third kappa shape index (κ3) is 3.56. The van der Waals surface area contributed by atoms with Gasteiger partial charge in [0, 0.05) is 18.1 Å². The molecule has 1 atom stereocenters. The van der Waals surface area contributed by atoms with Crippen LogP contribution >= 0.6 is 23.2 Å². The Kier molecular flexibility index (Phi) is 5.09. The summed E-state index contributed by atoms with van der Waals surface area (Å²) in [6.07, 6.45) is -0.385. The van der Waals surface area contributed by atoms with Gasteiger partial charge in [-0.15, -0.1) is 0 Å². The molecule has 1 amide bonds. The number of amides is 1. The van der Waals surface area contributed by atoms with E-state index in [0.29, 0.717) is 21.4 Å². The molecule has 0 aliphatic rings. The minimum Gasteiger partial charge on any atom is -0.458 e. The number of benzene rings is 2. The SMILES string of the molecule is CO[C@H](CNC(=O)c1ccc(Cl)c(Cl)c1)c1cc2ccccc2o1. The van der Waals surface area contributed by atoms with Crippen LogP contribution in [0.1, 0.15) is 22.2 Å². The first-order valence-electron chi connectivity index (χ1n) is 7.33. The fourth-order valence-corrected chi connectivity index (χ4v) is 2.68. The van der Waals surface area contributed by atoms with E-state index in [1.54, 1.807) is 19.2 Å². The number of nitrogens with one attached hydrogen (secondary N) is 1. The van der Waals surface area contributed by atoms with Crippen LogP contribution in [0.4, 0.5) is 0 Å². The summed E-state index contributed by atoms with van der Waals surface area (Å²) in [7, 11) is 1.57. The van der Waals surface area contributed by atoms with Crippen molar-refractivity contribution < 1.29 is 13.9 Å². The Balaban J connectivity index is 1.71. The Morgan fingerprint density at radius 3 is 2.67 bits per heavy atom. The van der Waals surface area contributed by atoms with Gasteiger partial charge in [-0.25, -0.2) is 0 Å². The van der Waals surface area contributed by atoms with E-state index in [4.69, 9.17) is 32.4 Å². The molecule has 3 aromatic rings. The summed E-state index contributed by atoms with van der Waals surface area (Å²) in [6.45, 7) is 0.273. The fourth-order valence-electron chi connectivity index (χ4n) is 2.39. The van der Waals surface area contributed by atoms with Gasteiger partial charge in [-0.05, 0) is 30.3 Å². The van der Waals surface area contributed by atoms with E-state index >= 15 is 0 Å². The highest BCUT2D eigenvalue weighted by molar-refractivity contribution is 6.42. The predicted octanol–water partition coefficient (Wildman–Crippen LogP) is 4.86. The van der Waals surface area contributed by atoms with Crippen LogP contribution in [0.2, 0.25) is 10.0 Å². The lowest BCUT2D eigenvalue weighted by Gasteiger charge is -2.14. The van der Waals surface area contributed by atoms with E-state index < -0.39 is 0 Å². The van der Waals surface area contributed by atoms with Crippen molar-refractivity contribution >= 4 is 40.1 Å². The molecule has 0 aliphatic heterocycles. The van der Waals surface area contributed by atoms with Crippen molar-refractivity contribution in [2.75, 3.05) is 13.7 Å². The quantitative estimate of drug-likeness (QED) is 0.704. The average molecular weight is 364 g/mol. The lowest BCUT2D eigenvalue weighted by atomic mass is 10.2. The molecule has 4 nitrogen and oxygen atoms in total. The second-order valence-electron chi connectivity index (χ2n) is 5.25. The Morgan fingerprint density at radius 2 is 1.96 bits per heavy atom. The number of fused-ring (bicyclic) bond motifs is 1. The average Bonchev–Trinajstić information content (AvgIpc) is 3.01. The highest BCUT2D eigenvalue weighted by Crippen LogP contribution is 2.26. The van der Waals surface area contributed by atoms with Gasteiger partial charge in [-0.2, -0.15) is 0 Å². The van der Waals surface area contributed by atoms with Gasteiger partial charge in [-0.3, -0.25) is 4.79 Å². The van der Waals surface area contributed by atoms with Crippen molar-refractivity contribution in [3.05, 3.63) is 69.9 Å². The fraction of sp³-hybridized carbons (Fsp3) is 0.167. The molecule has 0 fully saturated rings. The molecule has 1 aromatic heterocycles. The summed E-state index contributed by atoms with van der Waals surface area (Å²) in [5.74, 6) is 0.403. The molecule has 6 heteroatoms. The molecular formula is C18H15Cl2NO3. The van der Waals surface area contributed by atoms with Crippen molar-refractivity contribution in [1.29, 1.82) is 0 Å². The molecule has 0 bridgehead atoms. The Morgan fingerprint density at radius 1 is 1.17 bits per heavy atom. The van der Waals surface area contributed by atoms with E-state index in [2.05, 4.69) is 5.32 Å². The van der Waals surface area contributed by atoms with Crippen LogP contribution in [-0.4, -0.2) is 19.6 Å². The molecule has 1 heterocycles. The van der Waals surface area contributed by atoms with Gasteiger partial charge >= 0.3 is 0 Å². The molecule has 2 aromatic carbocycles. The largest absolute Gasteiger partial charge is 0.458 e. The second kappa shape index (κ2) is 7.26. The van der Waals surface area contributed by atoms with E-state index in [0.717, 1.165) is 11.0 Å². The predicted molar refractivity (Wildman–Crippen MR) is 94.8 cm³/mol. The topological polar surface area (TPSA) is 51.5 Å². The molecule has 0 spiro atoms. The highest BCUT2D eigenvalue weighted by atomic mass is 35.5. The monoisotopic (exact) mass is 363 g/mol. The van der Waals surface area contributed by atoms with E-state index in [1.165, 1.54) is 6.07 Å². The van der Waals surface area contributed by atoms with Crippen molar-refractivity contribution in [3.8, 4) is 0 Å². The standard InChI is InChI=1S/C18H15Cl2NO3/c1-23-17(16-9-11-4-2-3-5-15(11)24-16)10-21-18(22)12-6-7-13(19)14(20)8-12/h2-9,17H,10H2,1H3,(H,21,22)/t17-/m1/s1. The van der Waals surface area contributed by atoms with Crippen LogP contribution in [0.15, 0.2) is 52.9 Å². The smallest absolute Gasteiger partial charge is 0.251 e. The number of furan rings is 1. The van der Waals surface area contributed by atoms with E-state index in [1.807, 2.05) is 30.3 Å². The summed E-state index contributed by atoms with van der Waals surface area (Å²) < 4.78 is 11.2. The molecule has 0 unspecified atom stereocenters. The first-order chi connectivity index (χ1) is 11.6. The molecule has 0 radical (unpaired) electrons. The molecule has 1 N–H and O–H groups in total. The molecule has 24 heavy (non-hydrogen) atoms. The molecule has 3 rings (SSSR count). The number of hydrogen-bond donors (Lipinski definition) is 1. The first kappa shape index (κ1) is 16.8. The van der Waals surface area contributed by atoms with Crippen molar-refractivity contribution in [2.24, 2.45) is 0 Å². The lowest BCUT2D eigenvalue weighted by molar-refractivity contribution is 0.0747. The number of methoxy groups -OCH3 is 1. The van der Waals surface area contributed by atoms with Gasteiger partial charge in [-0.1, -0.05) is 41.4 Å². The Labute approximate surface area is 149 Å². The minimum absolute atomic E-state index is 0.258. The van der Waals surface area contributed by atoms with Crippen LogP contribution in [0.5, 0.6) is 0 Å². The van der Waals surface area contributed by atoms with Crippen LogP contribution in [0.25, 0.3) is 11.0 Å². The summed E-state index contributed by atoms with van der Waals surface area (Å²) in [5.41, 5.74) is 1.22. The van der Waals surface area contributed by atoms with Crippen LogP contribution in [0, 0.1) is 0 Å². The number of ether oxygens (including phenoxy) is 1. The van der Waals surface area contributed by atoms with Crippen LogP contribution in [0.3, 0.4) is 0 Å². The summed E-state index contributed by atoms with van der Waals surface area (Å²) >= 11 is 11.8. The van der Waals surface area contributed by atoms with Crippen molar-refractivity contribution in [2.45, 2.75) is 6.10 Å². The third-order valence-electron chi connectivity index (χ3n) is 3.68. The highest BCUT2D eigenvalue weighted by Gasteiger charge is 2.17. The summed E-state index contributed by atoms with van der Waals surface area (Å²) in [4.78, 5) is 12.2. The van der Waals surface area contributed by atoms with Gasteiger partial charge in [0.1, 0.15) is 17.4 Å². The zero-order valence-electron chi connectivity index (χ0n) is 12.9. The van der Waals surface area contributed by atoms with Gasteiger partial charge in [0.2, 0.25) is 0 Å². The lowest BCUT2D eigenvalue weighted by Crippen LogP contribution is -2.29. The van der Waals surface area contributed by atoms with Crippen molar-refractivity contribution in [1.82, 2.24) is 5.32 Å². The maximum Gasteiger partial charge on any atom is 0.251 e. The van der Waals surface area contributed by atoms with Gasteiger partial charge < -0.3 is 14.5 Å². The van der Waals surface area contributed by atoms with Crippen LogP contribution in [-0.2, 0) is 4.74 Å². The molecule has 0 saturated heterocycles. The second-order valence-corrected chi connectivity index (χ2v) is 6.06. The maximum atomic E-state index is 12.2. The van der Waals surface area contributed by atoms with Crippen LogP contribution < -0.4 is 5.32 Å². The third-order valence-corrected chi connectivity index (χ3v) is 4.42. The normalized spacial score (nSPS) is 12.3. The maximum absolute atomic E-state index is 12.2.